The second-order valence-electron chi connectivity index (χ2n) is 2.07. The lowest BCUT2D eigenvalue weighted by atomic mass is 10.2. The molecule has 3 heteroatoms. The van der Waals surface area contributed by atoms with Gasteiger partial charge in [0.2, 0.25) is 0 Å². The van der Waals surface area contributed by atoms with Gasteiger partial charge in [0.25, 0.3) is 0 Å². The number of nitrogen functional groups attached to an aromatic ring is 1. The van der Waals surface area contributed by atoms with E-state index in [4.69, 9.17) is 17.3 Å². The molecular formula is C8H9ClN2. The molecule has 1 rings (SSSR count). The minimum absolute atomic E-state index is 0.516. The number of pyridine rings is 1. The summed E-state index contributed by atoms with van der Waals surface area (Å²) in [7, 11) is 0. The zero-order valence-electron chi connectivity index (χ0n) is 6.00. The molecule has 2 nitrogen and oxygen atoms in total. The number of hydrogen-bond acceptors (Lipinski definition) is 2. The van der Waals surface area contributed by atoms with Crippen LogP contribution in [0.15, 0.2) is 24.4 Å². The Bertz CT molecular complexity index is 258. The molecule has 0 aliphatic rings. The summed E-state index contributed by atoms with van der Waals surface area (Å²) in [6.45, 7) is 0. The third-order valence-corrected chi connectivity index (χ3v) is 1.38. The topological polar surface area (TPSA) is 38.9 Å². The molecule has 0 unspecified atom stereocenters. The van der Waals surface area contributed by atoms with Crippen LogP contribution in [0.4, 0.5) is 5.82 Å². The van der Waals surface area contributed by atoms with Crippen LogP contribution in [0.1, 0.15) is 5.56 Å². The van der Waals surface area contributed by atoms with Crippen LogP contribution in [0.25, 0.3) is 6.08 Å². The van der Waals surface area contributed by atoms with Gasteiger partial charge >= 0.3 is 0 Å². The SMILES string of the molecule is Nc1cc(C=CCCl)ccn1. The Kier molecular flexibility index (Phi) is 2.93. The van der Waals surface area contributed by atoms with Crippen LogP contribution in [-0.4, -0.2) is 10.9 Å². The highest BCUT2D eigenvalue weighted by molar-refractivity contribution is 6.19. The van der Waals surface area contributed by atoms with E-state index < -0.39 is 0 Å². The minimum atomic E-state index is 0.516. The normalized spacial score (nSPS) is 10.6. The monoisotopic (exact) mass is 168 g/mol. The fourth-order valence-corrected chi connectivity index (χ4v) is 0.839. The summed E-state index contributed by atoms with van der Waals surface area (Å²) < 4.78 is 0. The molecule has 1 heterocycles. The number of allylic oxidation sites excluding steroid dienone is 1. The summed E-state index contributed by atoms with van der Waals surface area (Å²) in [5.74, 6) is 1.05. The van der Waals surface area contributed by atoms with Crippen molar-refractivity contribution < 1.29 is 0 Å². The molecule has 0 aliphatic heterocycles. The van der Waals surface area contributed by atoms with Gasteiger partial charge in [-0.25, -0.2) is 4.98 Å². The molecule has 11 heavy (non-hydrogen) atoms. The molecule has 0 aliphatic carbocycles. The van der Waals surface area contributed by atoms with Crippen molar-refractivity contribution in [3.05, 3.63) is 30.0 Å². The summed E-state index contributed by atoms with van der Waals surface area (Å²) in [4.78, 5) is 3.86. The zero-order valence-corrected chi connectivity index (χ0v) is 6.75. The molecule has 0 atom stereocenters. The summed E-state index contributed by atoms with van der Waals surface area (Å²) in [6, 6.07) is 3.67. The van der Waals surface area contributed by atoms with Crippen molar-refractivity contribution in [3.8, 4) is 0 Å². The number of halogens is 1. The van der Waals surface area contributed by atoms with E-state index in [9.17, 15) is 0 Å². The molecule has 2 N–H and O–H groups in total. The summed E-state index contributed by atoms with van der Waals surface area (Å²) >= 11 is 5.46. The Morgan fingerprint density at radius 1 is 1.64 bits per heavy atom. The Labute approximate surface area is 70.7 Å². The highest BCUT2D eigenvalue weighted by atomic mass is 35.5. The number of anilines is 1. The number of alkyl halides is 1. The summed E-state index contributed by atoms with van der Waals surface area (Å²) in [6.07, 6.45) is 5.44. The maximum atomic E-state index is 5.46. The molecule has 0 spiro atoms. The van der Waals surface area contributed by atoms with Crippen LogP contribution in [0.3, 0.4) is 0 Å². The van der Waals surface area contributed by atoms with Crippen LogP contribution in [0.2, 0.25) is 0 Å². The predicted molar refractivity (Wildman–Crippen MR) is 48.4 cm³/mol. The maximum absolute atomic E-state index is 5.46. The van der Waals surface area contributed by atoms with E-state index in [1.807, 2.05) is 18.2 Å². The number of nitrogens with two attached hydrogens (primary N) is 1. The van der Waals surface area contributed by atoms with E-state index in [0.717, 1.165) is 5.56 Å². The lowest BCUT2D eigenvalue weighted by Gasteiger charge is -1.93. The van der Waals surface area contributed by atoms with Gasteiger partial charge in [-0.05, 0) is 17.7 Å². The van der Waals surface area contributed by atoms with Gasteiger partial charge < -0.3 is 5.73 Å². The van der Waals surface area contributed by atoms with Gasteiger partial charge in [-0.1, -0.05) is 12.2 Å². The van der Waals surface area contributed by atoms with Gasteiger partial charge in [-0.15, -0.1) is 11.6 Å². The molecule has 0 saturated carbocycles. The molecule has 58 valence electrons. The summed E-state index contributed by atoms with van der Waals surface area (Å²) in [5, 5.41) is 0. The quantitative estimate of drug-likeness (QED) is 0.686. The van der Waals surface area contributed by atoms with Gasteiger partial charge in [0, 0.05) is 12.1 Å². The van der Waals surface area contributed by atoms with E-state index in [2.05, 4.69) is 4.98 Å². The number of nitrogens with zero attached hydrogens (tertiary/aromatic N) is 1. The second kappa shape index (κ2) is 3.98. The minimum Gasteiger partial charge on any atom is -0.384 e. The van der Waals surface area contributed by atoms with Crippen molar-refractivity contribution in [3.63, 3.8) is 0 Å². The van der Waals surface area contributed by atoms with Crippen LogP contribution in [0, 0.1) is 0 Å². The first kappa shape index (κ1) is 8.08. The Balaban J connectivity index is 2.79. The smallest absolute Gasteiger partial charge is 0.123 e. The van der Waals surface area contributed by atoms with Crippen molar-refractivity contribution >= 4 is 23.5 Å². The molecule has 1 aromatic rings. The third kappa shape index (κ3) is 2.60. The standard InChI is InChI=1S/C8H9ClN2/c9-4-1-2-7-3-5-11-8(10)6-7/h1-3,5-6H,4H2,(H2,10,11). The number of rotatable bonds is 2. The number of aromatic nitrogens is 1. The molecule has 1 aromatic heterocycles. The van der Waals surface area contributed by atoms with Crippen LogP contribution in [0.5, 0.6) is 0 Å². The first-order chi connectivity index (χ1) is 5.33. The van der Waals surface area contributed by atoms with Gasteiger partial charge in [0.05, 0.1) is 0 Å². The first-order valence-corrected chi connectivity index (χ1v) is 3.80. The van der Waals surface area contributed by atoms with Crippen molar-refractivity contribution in [1.29, 1.82) is 0 Å². The third-order valence-electron chi connectivity index (χ3n) is 1.20. The van der Waals surface area contributed by atoms with Gasteiger partial charge in [0.15, 0.2) is 0 Å². The average Bonchev–Trinajstić information content (AvgIpc) is 2.01. The molecule has 0 saturated heterocycles. The van der Waals surface area contributed by atoms with Crippen molar-refractivity contribution in [2.75, 3.05) is 11.6 Å². The Morgan fingerprint density at radius 3 is 3.09 bits per heavy atom. The highest BCUT2D eigenvalue weighted by Gasteiger charge is 1.86. The van der Waals surface area contributed by atoms with Crippen LogP contribution < -0.4 is 5.73 Å². The fourth-order valence-electron chi connectivity index (χ4n) is 0.750. The van der Waals surface area contributed by atoms with Crippen LogP contribution in [-0.2, 0) is 0 Å². The lowest BCUT2D eigenvalue weighted by Crippen LogP contribution is -1.88. The average molecular weight is 169 g/mol. The number of hydrogen-bond donors (Lipinski definition) is 1. The van der Waals surface area contributed by atoms with Crippen molar-refractivity contribution in [2.45, 2.75) is 0 Å². The molecule has 0 bridgehead atoms. The van der Waals surface area contributed by atoms with Gasteiger partial charge in [-0.3, -0.25) is 0 Å². The van der Waals surface area contributed by atoms with Crippen molar-refractivity contribution in [2.24, 2.45) is 0 Å². The largest absolute Gasteiger partial charge is 0.384 e. The zero-order chi connectivity index (χ0) is 8.10. The summed E-state index contributed by atoms with van der Waals surface area (Å²) in [5.41, 5.74) is 6.48. The van der Waals surface area contributed by atoms with Gasteiger partial charge in [0.1, 0.15) is 5.82 Å². The Morgan fingerprint density at radius 2 is 2.45 bits per heavy atom. The molecular weight excluding hydrogens is 160 g/mol. The first-order valence-electron chi connectivity index (χ1n) is 3.27. The van der Waals surface area contributed by atoms with E-state index >= 15 is 0 Å². The molecule has 0 radical (unpaired) electrons. The second-order valence-corrected chi connectivity index (χ2v) is 2.38. The van der Waals surface area contributed by atoms with Crippen LogP contribution >= 0.6 is 11.6 Å². The predicted octanol–water partition coefficient (Wildman–Crippen LogP) is 1.92. The van der Waals surface area contributed by atoms with Crippen molar-refractivity contribution in [1.82, 2.24) is 4.98 Å². The van der Waals surface area contributed by atoms with E-state index in [1.165, 1.54) is 0 Å². The van der Waals surface area contributed by atoms with E-state index in [1.54, 1.807) is 12.3 Å². The molecule has 0 fully saturated rings. The van der Waals surface area contributed by atoms with Gasteiger partial charge in [-0.2, -0.15) is 0 Å². The Hall–Kier alpha value is -1.02. The maximum Gasteiger partial charge on any atom is 0.123 e. The molecule has 0 aromatic carbocycles. The highest BCUT2D eigenvalue weighted by Crippen LogP contribution is 2.04. The fraction of sp³-hybridized carbons (Fsp3) is 0.125. The van der Waals surface area contributed by atoms with E-state index in [-0.39, 0.29) is 0 Å². The van der Waals surface area contributed by atoms with E-state index in [0.29, 0.717) is 11.7 Å². The molecule has 0 amide bonds. The lowest BCUT2D eigenvalue weighted by molar-refractivity contribution is 1.33.